The summed E-state index contributed by atoms with van der Waals surface area (Å²) in [6, 6.07) is 21.2. The minimum Gasteiger partial charge on any atom is -0.490 e. The second-order valence-corrected chi connectivity index (χ2v) is 8.43. The number of carbonyl (C=O) groups is 3. The topological polar surface area (TPSA) is 163 Å². The molecule has 1 amide bonds. The van der Waals surface area contributed by atoms with Crippen LogP contribution >= 0.6 is 0 Å². The van der Waals surface area contributed by atoms with E-state index < -0.39 is 18.0 Å². The normalized spacial score (nSPS) is 11.4. The minimum atomic E-state index is -1.26. The summed E-state index contributed by atoms with van der Waals surface area (Å²) in [5, 5.41) is 34.0. The van der Waals surface area contributed by atoms with Crippen LogP contribution in [0.3, 0.4) is 0 Å². The van der Waals surface area contributed by atoms with Gasteiger partial charge in [-0.25, -0.2) is 14.6 Å². The summed E-state index contributed by atoms with van der Waals surface area (Å²) in [4.78, 5) is 35.4. The number of hydrogen-bond donors (Lipinski definition) is 5. The van der Waals surface area contributed by atoms with Crippen molar-refractivity contribution in [3.63, 3.8) is 0 Å². The number of benzene rings is 3. The number of carbonyl (C=O) groups excluding carboxylic acids is 1. The van der Waals surface area contributed by atoms with E-state index in [1.165, 1.54) is 0 Å². The lowest BCUT2D eigenvalue weighted by molar-refractivity contribution is -0.134. The Hall–Kier alpha value is -5.00. The highest BCUT2D eigenvalue weighted by molar-refractivity contribution is 5.94. The molecule has 4 aromatic rings. The van der Waals surface area contributed by atoms with Crippen LogP contribution in [0.25, 0.3) is 16.5 Å². The Morgan fingerprint density at radius 2 is 1.62 bits per heavy atom. The second-order valence-electron chi connectivity index (χ2n) is 8.43. The summed E-state index contributed by atoms with van der Waals surface area (Å²) in [5.41, 5.74) is 1.54. The number of aliphatic hydroxyl groups excluding tert-OH is 1. The van der Waals surface area contributed by atoms with Crippen LogP contribution in [0, 0.1) is 0 Å². The number of aliphatic carboxylic acids is 2. The number of fused-ring (bicyclic) bond motifs is 1. The predicted octanol–water partition coefficient (Wildman–Crippen LogP) is 2.50. The molecule has 5 N–H and O–H groups in total. The standard InChI is InChI=1S/C25H26N4O3.C4H4O4/c30-22(17-32-24-7-3-5-19-4-1-2-6-23(19)24)16-26-12-13-28-25(31)20-8-10-21(11-9-20)29-15-14-27-18-29;5-3(6)1-2-4(7)8/h1-11,14-15,18,22,26,30H,12-13,16-17H2,(H,28,31);1-2H,(H,5,6)(H,7,8)/b;2-1-. The third-order valence-electron chi connectivity index (χ3n) is 5.45. The van der Waals surface area contributed by atoms with Gasteiger partial charge in [0.1, 0.15) is 18.5 Å². The quantitative estimate of drug-likeness (QED) is 0.133. The summed E-state index contributed by atoms with van der Waals surface area (Å²) in [5.74, 6) is -1.89. The van der Waals surface area contributed by atoms with Crippen LogP contribution in [0.4, 0.5) is 0 Å². The molecule has 1 unspecified atom stereocenters. The highest BCUT2D eigenvalue weighted by Gasteiger charge is 2.08. The van der Waals surface area contributed by atoms with E-state index >= 15 is 0 Å². The van der Waals surface area contributed by atoms with Crippen LogP contribution < -0.4 is 15.4 Å². The molecule has 208 valence electrons. The molecule has 4 rings (SSSR count). The molecule has 1 aromatic heterocycles. The fourth-order valence-corrected chi connectivity index (χ4v) is 3.54. The number of carboxylic acids is 2. The highest BCUT2D eigenvalue weighted by Crippen LogP contribution is 2.25. The van der Waals surface area contributed by atoms with E-state index in [-0.39, 0.29) is 12.5 Å². The van der Waals surface area contributed by atoms with Crippen LogP contribution in [-0.2, 0) is 9.59 Å². The van der Waals surface area contributed by atoms with Crippen molar-refractivity contribution in [3.05, 3.63) is 103 Å². The summed E-state index contributed by atoms with van der Waals surface area (Å²) < 4.78 is 7.68. The van der Waals surface area contributed by atoms with Crippen molar-refractivity contribution in [2.24, 2.45) is 0 Å². The third-order valence-corrected chi connectivity index (χ3v) is 5.45. The third kappa shape index (κ3) is 9.71. The molecule has 11 nitrogen and oxygen atoms in total. The first-order valence-corrected chi connectivity index (χ1v) is 12.3. The molecule has 0 spiro atoms. The molecule has 0 saturated carbocycles. The van der Waals surface area contributed by atoms with Gasteiger partial charge in [0.2, 0.25) is 0 Å². The molecular formula is C29H30N4O7. The number of imidazole rings is 1. The lowest BCUT2D eigenvalue weighted by atomic mass is 10.1. The molecule has 0 bridgehead atoms. The maximum absolute atomic E-state index is 12.3. The van der Waals surface area contributed by atoms with Crippen LogP contribution in [-0.4, -0.2) is 75.1 Å². The van der Waals surface area contributed by atoms with Gasteiger partial charge in [0.15, 0.2) is 0 Å². The van der Waals surface area contributed by atoms with Gasteiger partial charge in [-0.15, -0.1) is 0 Å². The molecule has 0 aliphatic rings. The number of aliphatic hydroxyl groups is 1. The molecule has 1 atom stereocenters. The number of aromatic nitrogens is 2. The fraction of sp³-hybridized carbons (Fsp3) is 0.172. The first-order valence-electron chi connectivity index (χ1n) is 12.3. The van der Waals surface area contributed by atoms with Crippen molar-refractivity contribution >= 4 is 28.6 Å². The first-order chi connectivity index (χ1) is 19.3. The maximum Gasteiger partial charge on any atom is 0.328 e. The van der Waals surface area contributed by atoms with Crippen molar-refractivity contribution in [2.75, 3.05) is 26.2 Å². The molecule has 1 heterocycles. The summed E-state index contributed by atoms with van der Waals surface area (Å²) >= 11 is 0. The van der Waals surface area contributed by atoms with Crippen LogP contribution in [0.1, 0.15) is 10.4 Å². The molecule has 3 aromatic carbocycles. The highest BCUT2D eigenvalue weighted by atomic mass is 16.5. The Morgan fingerprint density at radius 1 is 0.925 bits per heavy atom. The Bertz CT molecular complexity index is 1400. The number of ether oxygens (including phenoxy) is 1. The first kappa shape index (κ1) is 29.6. The number of hydrogen-bond acceptors (Lipinski definition) is 7. The van der Waals surface area contributed by atoms with Crippen molar-refractivity contribution < 1.29 is 34.4 Å². The molecular weight excluding hydrogens is 516 g/mol. The Labute approximate surface area is 230 Å². The molecule has 40 heavy (non-hydrogen) atoms. The van der Waals surface area contributed by atoms with Gasteiger partial charge in [-0.2, -0.15) is 0 Å². The molecule has 0 saturated heterocycles. The second kappa shape index (κ2) is 15.4. The zero-order valence-corrected chi connectivity index (χ0v) is 21.5. The summed E-state index contributed by atoms with van der Waals surface area (Å²) in [7, 11) is 0. The van der Waals surface area contributed by atoms with E-state index in [4.69, 9.17) is 14.9 Å². The van der Waals surface area contributed by atoms with Crippen molar-refractivity contribution in [2.45, 2.75) is 6.10 Å². The number of rotatable bonds is 12. The van der Waals surface area contributed by atoms with Gasteiger partial charge >= 0.3 is 11.9 Å². The Kier molecular flexibility index (Phi) is 11.4. The fourth-order valence-electron chi connectivity index (χ4n) is 3.54. The van der Waals surface area contributed by atoms with Gasteiger partial charge < -0.3 is 35.3 Å². The van der Waals surface area contributed by atoms with E-state index in [0.717, 1.165) is 22.2 Å². The van der Waals surface area contributed by atoms with Crippen molar-refractivity contribution in [3.8, 4) is 11.4 Å². The van der Waals surface area contributed by atoms with Gasteiger partial charge in [-0.1, -0.05) is 36.4 Å². The maximum atomic E-state index is 12.3. The monoisotopic (exact) mass is 546 g/mol. The van der Waals surface area contributed by atoms with Crippen LogP contribution in [0.5, 0.6) is 5.75 Å². The van der Waals surface area contributed by atoms with Gasteiger partial charge in [-0.05, 0) is 35.7 Å². The predicted molar refractivity (Wildman–Crippen MR) is 149 cm³/mol. The van der Waals surface area contributed by atoms with Crippen molar-refractivity contribution in [1.29, 1.82) is 0 Å². The Morgan fingerprint density at radius 3 is 2.30 bits per heavy atom. The van der Waals surface area contributed by atoms with E-state index in [9.17, 15) is 19.5 Å². The van der Waals surface area contributed by atoms with Gasteiger partial charge in [-0.3, -0.25) is 4.79 Å². The van der Waals surface area contributed by atoms with E-state index in [1.807, 2.05) is 65.4 Å². The van der Waals surface area contributed by atoms with E-state index in [0.29, 0.717) is 37.3 Å². The smallest absolute Gasteiger partial charge is 0.328 e. The SMILES string of the molecule is O=C(NCCNCC(O)COc1cccc2ccccc12)c1ccc(-n2ccnc2)cc1.O=C(O)/C=C\C(=O)O. The number of nitrogens with zero attached hydrogens (tertiary/aromatic N) is 2. The van der Waals surface area contributed by atoms with Gasteiger partial charge in [0.25, 0.3) is 5.91 Å². The minimum absolute atomic E-state index is 0.135. The number of amides is 1. The van der Waals surface area contributed by atoms with Crippen LogP contribution in [0.2, 0.25) is 0 Å². The molecule has 0 aliphatic carbocycles. The zero-order chi connectivity index (χ0) is 28.7. The molecule has 11 heteroatoms. The number of carboxylic acid groups (broad SMARTS) is 2. The Balaban J connectivity index is 0.000000482. The largest absolute Gasteiger partial charge is 0.490 e. The zero-order valence-electron chi connectivity index (χ0n) is 21.5. The van der Waals surface area contributed by atoms with Crippen molar-refractivity contribution in [1.82, 2.24) is 20.2 Å². The number of nitrogens with one attached hydrogen (secondary N) is 2. The van der Waals surface area contributed by atoms with E-state index in [2.05, 4.69) is 15.6 Å². The van der Waals surface area contributed by atoms with Gasteiger partial charge in [0, 0.05) is 60.8 Å². The average Bonchev–Trinajstić information content (AvgIpc) is 3.50. The average molecular weight is 547 g/mol. The molecule has 0 aliphatic heterocycles. The van der Waals surface area contributed by atoms with E-state index in [1.54, 1.807) is 24.7 Å². The molecule has 0 fully saturated rings. The summed E-state index contributed by atoms with van der Waals surface area (Å²) in [6.07, 6.45) is 5.73. The lowest BCUT2D eigenvalue weighted by Gasteiger charge is -2.15. The summed E-state index contributed by atoms with van der Waals surface area (Å²) in [6.45, 7) is 1.57. The molecule has 0 radical (unpaired) electrons. The van der Waals surface area contributed by atoms with Gasteiger partial charge in [0.05, 0.1) is 6.33 Å². The lowest BCUT2D eigenvalue weighted by Crippen LogP contribution is -2.37. The van der Waals surface area contributed by atoms with Crippen LogP contribution in [0.15, 0.2) is 97.6 Å².